The Morgan fingerprint density at radius 1 is 0.643 bits per heavy atom. The van der Waals surface area contributed by atoms with E-state index >= 15 is 0 Å². The number of fused-ring (bicyclic) bond motifs is 7. The molecule has 0 saturated heterocycles. The maximum Gasteiger partial charge on any atom is -0.0235 e. The molecule has 0 radical (unpaired) electrons. The fourth-order valence-electron chi connectivity index (χ4n) is 10.8. The zero-order valence-corrected chi connectivity index (χ0v) is 19.9. The molecular weight excluding hydrogens is 336 g/mol. The van der Waals surface area contributed by atoms with Gasteiger partial charge in [0.2, 0.25) is 0 Å². The third-order valence-electron chi connectivity index (χ3n) is 12.5. The Balaban J connectivity index is 1.50. The van der Waals surface area contributed by atoms with E-state index in [1.807, 2.05) is 0 Å². The first-order valence-corrected chi connectivity index (χ1v) is 13.1. The molecule has 5 aliphatic carbocycles. The van der Waals surface area contributed by atoms with E-state index in [1.54, 1.807) is 25.7 Å². The van der Waals surface area contributed by atoms with Gasteiger partial charge in [0.05, 0.1) is 0 Å². The quantitative estimate of drug-likeness (QED) is 0.392. The lowest BCUT2D eigenvalue weighted by Crippen LogP contribution is -2.64. The lowest BCUT2D eigenvalue weighted by molar-refractivity contribution is -0.224. The first-order valence-electron chi connectivity index (χ1n) is 13.1. The van der Waals surface area contributed by atoms with Gasteiger partial charge in [-0.2, -0.15) is 0 Å². The highest BCUT2D eigenvalue weighted by Crippen LogP contribution is 2.74. The molecule has 160 valence electrons. The predicted molar refractivity (Wildman–Crippen MR) is 120 cm³/mol. The van der Waals surface area contributed by atoms with Crippen molar-refractivity contribution in [2.75, 3.05) is 0 Å². The minimum atomic E-state index is 0.597. The van der Waals surface area contributed by atoms with Gasteiger partial charge in [0, 0.05) is 0 Å². The van der Waals surface area contributed by atoms with Gasteiger partial charge >= 0.3 is 0 Å². The van der Waals surface area contributed by atoms with E-state index < -0.39 is 0 Å². The maximum atomic E-state index is 2.80. The molecule has 0 heteroatoms. The van der Waals surface area contributed by atoms with Crippen LogP contribution in [0.1, 0.15) is 119 Å². The summed E-state index contributed by atoms with van der Waals surface area (Å²) in [5.41, 5.74) is 2.45. The smallest absolute Gasteiger partial charge is 0.0235 e. The van der Waals surface area contributed by atoms with Crippen LogP contribution in [0.4, 0.5) is 0 Å². The fraction of sp³-hybridized carbons (Fsp3) is 1.00. The van der Waals surface area contributed by atoms with Crippen LogP contribution in [-0.4, -0.2) is 0 Å². The standard InChI is InChI=1S/C28H48/c1-19-8-7-14-26(4)22(19)13-17-28(6)24(26)10-9-23-21-18-25(2,3)15-11-20(21)12-16-27(23,28)5/h19-24H,7-18H2,1-6H3. The summed E-state index contributed by atoms with van der Waals surface area (Å²) in [6, 6.07) is 0. The molecule has 0 aromatic carbocycles. The second-order valence-corrected chi connectivity index (χ2v) is 14.0. The largest absolute Gasteiger partial charge is 0.0622 e. The molecule has 0 nitrogen and oxygen atoms in total. The summed E-state index contributed by atoms with van der Waals surface area (Å²) in [6.45, 7) is 16.1. The van der Waals surface area contributed by atoms with Crippen molar-refractivity contribution in [3.63, 3.8) is 0 Å². The van der Waals surface area contributed by atoms with Crippen molar-refractivity contribution in [1.82, 2.24) is 0 Å². The average Bonchev–Trinajstić information content (AvgIpc) is 2.61. The van der Waals surface area contributed by atoms with Crippen LogP contribution in [0.5, 0.6) is 0 Å². The van der Waals surface area contributed by atoms with Crippen LogP contribution < -0.4 is 0 Å². The predicted octanol–water partition coefficient (Wildman–Crippen LogP) is 8.50. The van der Waals surface area contributed by atoms with Gasteiger partial charge in [-0.05, 0) is 121 Å². The van der Waals surface area contributed by atoms with Gasteiger partial charge < -0.3 is 0 Å². The zero-order chi connectivity index (χ0) is 19.9. The van der Waals surface area contributed by atoms with Crippen molar-refractivity contribution in [2.24, 2.45) is 57.2 Å². The van der Waals surface area contributed by atoms with E-state index in [9.17, 15) is 0 Å². The van der Waals surface area contributed by atoms with Crippen molar-refractivity contribution < 1.29 is 0 Å². The number of hydrogen-bond donors (Lipinski definition) is 0. The van der Waals surface area contributed by atoms with E-state index in [4.69, 9.17) is 0 Å². The lowest BCUT2D eigenvalue weighted by atomic mass is 9.33. The third-order valence-corrected chi connectivity index (χ3v) is 12.5. The van der Waals surface area contributed by atoms with E-state index in [0.29, 0.717) is 21.7 Å². The van der Waals surface area contributed by atoms with Crippen LogP contribution in [0, 0.1) is 57.2 Å². The molecule has 0 N–H and O–H groups in total. The Morgan fingerprint density at radius 3 is 2.14 bits per heavy atom. The van der Waals surface area contributed by atoms with Gasteiger partial charge in [0.1, 0.15) is 0 Å². The summed E-state index contributed by atoms with van der Waals surface area (Å²) in [7, 11) is 0. The Hall–Kier alpha value is 0. The first kappa shape index (κ1) is 19.9. The highest BCUT2D eigenvalue weighted by atomic mass is 14.7. The second kappa shape index (κ2) is 6.26. The Bertz CT molecular complexity index is 618. The Morgan fingerprint density at radius 2 is 1.36 bits per heavy atom. The van der Waals surface area contributed by atoms with Crippen molar-refractivity contribution in [1.29, 1.82) is 0 Å². The fourth-order valence-corrected chi connectivity index (χ4v) is 10.8. The molecule has 0 amide bonds. The highest BCUT2D eigenvalue weighted by Gasteiger charge is 2.66. The molecule has 0 heterocycles. The molecule has 5 saturated carbocycles. The molecule has 0 spiro atoms. The van der Waals surface area contributed by atoms with Gasteiger partial charge in [0.25, 0.3) is 0 Å². The third kappa shape index (κ3) is 2.54. The number of rotatable bonds is 0. The molecular formula is C28H48. The maximum absolute atomic E-state index is 2.80. The summed E-state index contributed by atoms with van der Waals surface area (Å²) in [5, 5.41) is 0. The van der Waals surface area contributed by atoms with Crippen LogP contribution in [-0.2, 0) is 0 Å². The molecule has 5 fully saturated rings. The molecule has 5 rings (SSSR count). The summed E-state index contributed by atoms with van der Waals surface area (Å²) < 4.78 is 0. The molecule has 0 aromatic heterocycles. The van der Waals surface area contributed by atoms with Crippen molar-refractivity contribution in [3.8, 4) is 0 Å². The van der Waals surface area contributed by atoms with Crippen LogP contribution in [0.2, 0.25) is 0 Å². The van der Waals surface area contributed by atoms with Crippen LogP contribution in [0.25, 0.3) is 0 Å². The van der Waals surface area contributed by atoms with E-state index in [0.717, 1.165) is 35.5 Å². The zero-order valence-electron chi connectivity index (χ0n) is 19.9. The first-order chi connectivity index (χ1) is 13.1. The highest BCUT2D eigenvalue weighted by molar-refractivity contribution is 5.15. The second-order valence-electron chi connectivity index (χ2n) is 14.0. The molecule has 28 heavy (non-hydrogen) atoms. The monoisotopic (exact) mass is 384 g/mol. The van der Waals surface area contributed by atoms with Crippen LogP contribution >= 0.6 is 0 Å². The topological polar surface area (TPSA) is 0 Å². The van der Waals surface area contributed by atoms with Gasteiger partial charge in [-0.15, -0.1) is 0 Å². The van der Waals surface area contributed by atoms with Gasteiger partial charge in [-0.3, -0.25) is 0 Å². The summed E-state index contributed by atoms with van der Waals surface area (Å²) in [4.78, 5) is 0. The lowest BCUT2D eigenvalue weighted by Gasteiger charge is -2.71. The van der Waals surface area contributed by atoms with Crippen molar-refractivity contribution in [2.45, 2.75) is 119 Å². The average molecular weight is 385 g/mol. The molecule has 0 bridgehead atoms. The van der Waals surface area contributed by atoms with Crippen molar-refractivity contribution >= 4 is 0 Å². The SMILES string of the molecule is CC1CCCC2(C)C1CCC1(C)C2CCC2C3CC(C)(C)CCC3CCC21C. The molecule has 0 aliphatic heterocycles. The van der Waals surface area contributed by atoms with E-state index in [1.165, 1.54) is 51.4 Å². The van der Waals surface area contributed by atoms with Gasteiger partial charge in [-0.25, -0.2) is 0 Å². The van der Waals surface area contributed by atoms with Crippen LogP contribution in [0.3, 0.4) is 0 Å². The molecule has 9 atom stereocenters. The molecule has 0 aromatic rings. The normalized spacial score (nSPS) is 58.1. The summed E-state index contributed by atoms with van der Waals surface area (Å²) in [6.07, 6.45) is 18.3. The van der Waals surface area contributed by atoms with Crippen LogP contribution in [0.15, 0.2) is 0 Å². The minimum absolute atomic E-state index is 0.597. The van der Waals surface area contributed by atoms with Gasteiger partial charge in [0.15, 0.2) is 0 Å². The van der Waals surface area contributed by atoms with E-state index in [2.05, 4.69) is 41.5 Å². The molecule has 9 unspecified atom stereocenters. The minimum Gasteiger partial charge on any atom is -0.0622 e. The van der Waals surface area contributed by atoms with Gasteiger partial charge in [-0.1, -0.05) is 54.4 Å². The Kier molecular flexibility index (Phi) is 4.46. The molecule has 5 aliphatic rings. The summed E-state index contributed by atoms with van der Waals surface area (Å²) >= 11 is 0. The number of hydrogen-bond acceptors (Lipinski definition) is 0. The van der Waals surface area contributed by atoms with E-state index in [-0.39, 0.29) is 0 Å². The summed E-state index contributed by atoms with van der Waals surface area (Å²) in [5.74, 6) is 6.11. The Labute approximate surface area is 176 Å². The van der Waals surface area contributed by atoms with Crippen molar-refractivity contribution in [3.05, 3.63) is 0 Å².